The van der Waals surface area contributed by atoms with E-state index in [1.807, 2.05) is 30.3 Å². The molecule has 0 saturated heterocycles. The summed E-state index contributed by atoms with van der Waals surface area (Å²) in [7, 11) is 0. The van der Waals surface area contributed by atoms with Crippen LogP contribution in [-0.2, 0) is 22.4 Å². The molecule has 0 bridgehead atoms. The minimum Gasteiger partial charge on any atom is -0.506 e. The Morgan fingerprint density at radius 1 is 1.00 bits per heavy atom. The normalized spacial score (nSPS) is 15.7. The Hall–Kier alpha value is -2.77. The molecule has 0 radical (unpaired) electrons. The molecule has 2 aromatic rings. The number of carbonyl (C=O) groups excluding carboxylic acids is 2. The van der Waals surface area contributed by atoms with Gasteiger partial charge in [-0.05, 0) is 74.4 Å². The number of hydrogen-bond donors (Lipinski definition) is 3. The number of anilines is 1. The van der Waals surface area contributed by atoms with Crippen molar-refractivity contribution in [3.05, 3.63) is 52.5 Å². The van der Waals surface area contributed by atoms with Crippen molar-refractivity contribution < 1.29 is 19.4 Å². The Morgan fingerprint density at radius 3 is 2.54 bits per heavy atom. The van der Waals surface area contributed by atoms with E-state index in [2.05, 4.69) is 15.5 Å². The number of carbonyl (C=O) groups is 2. The van der Waals surface area contributed by atoms with Crippen molar-refractivity contribution in [3.63, 3.8) is 0 Å². The number of hydrogen-bond acceptors (Lipinski definition) is 5. The Balaban J connectivity index is 1.23. The average Bonchev–Trinajstić information content (AvgIpc) is 3.22. The van der Waals surface area contributed by atoms with Gasteiger partial charge in [0.05, 0.1) is 0 Å². The fourth-order valence-electron chi connectivity index (χ4n) is 5.61. The molecular weight excluding hydrogens is 514 g/mol. The van der Waals surface area contributed by atoms with Gasteiger partial charge in [-0.2, -0.15) is 0 Å². The number of aromatic hydroxyl groups is 1. The van der Waals surface area contributed by atoms with Crippen LogP contribution in [0.1, 0.15) is 75.3 Å². The molecule has 212 valence electrons. The van der Waals surface area contributed by atoms with Gasteiger partial charge in [0.25, 0.3) is 5.91 Å². The van der Waals surface area contributed by atoms with Crippen LogP contribution in [0.4, 0.5) is 5.69 Å². The first-order valence-electron chi connectivity index (χ1n) is 14.5. The zero-order valence-electron chi connectivity index (χ0n) is 22.9. The number of phenolic OH excluding ortho intramolecular Hbond substituents is 1. The van der Waals surface area contributed by atoms with Gasteiger partial charge in [-0.25, -0.2) is 0 Å². The Kier molecular flexibility index (Phi) is 11.3. The predicted octanol–water partition coefficient (Wildman–Crippen LogP) is 5.86. The van der Waals surface area contributed by atoms with Crippen molar-refractivity contribution in [2.45, 2.75) is 83.1 Å². The number of ether oxygens (including phenoxy) is 1. The summed E-state index contributed by atoms with van der Waals surface area (Å²) in [6.45, 7) is 2.30. The van der Waals surface area contributed by atoms with E-state index in [-0.39, 0.29) is 24.2 Å². The van der Waals surface area contributed by atoms with Gasteiger partial charge >= 0.3 is 0 Å². The van der Waals surface area contributed by atoms with Gasteiger partial charge in [-0.15, -0.1) is 0 Å². The second-order valence-electron chi connectivity index (χ2n) is 10.7. The smallest absolute Gasteiger partial charge is 0.262 e. The number of halogens is 1. The fourth-order valence-corrected chi connectivity index (χ4v) is 5.74. The maximum Gasteiger partial charge on any atom is 0.262 e. The topological polar surface area (TPSA) is 90.9 Å². The molecule has 1 aliphatic carbocycles. The second-order valence-corrected chi connectivity index (χ2v) is 11.1. The van der Waals surface area contributed by atoms with Crippen LogP contribution in [0.2, 0.25) is 5.02 Å². The van der Waals surface area contributed by atoms with Crippen molar-refractivity contribution in [1.82, 2.24) is 10.2 Å². The lowest BCUT2D eigenvalue weighted by atomic mass is 10.0. The van der Waals surface area contributed by atoms with Crippen molar-refractivity contribution in [2.24, 2.45) is 0 Å². The SMILES string of the molecule is O=C1COc2c(CCCCCN(C(=O)CCNCCc3ccc(Cl)cc3)C3CCCCCC3)ccc(O)c2N1. The summed E-state index contributed by atoms with van der Waals surface area (Å²) < 4.78 is 5.61. The van der Waals surface area contributed by atoms with Gasteiger partial charge in [0.2, 0.25) is 5.91 Å². The molecule has 2 amide bonds. The van der Waals surface area contributed by atoms with E-state index in [1.165, 1.54) is 31.2 Å². The number of nitrogens with one attached hydrogen (secondary N) is 2. The Labute approximate surface area is 237 Å². The Bertz CT molecular complexity index is 1080. The molecule has 8 heteroatoms. The molecule has 39 heavy (non-hydrogen) atoms. The first-order valence-corrected chi connectivity index (χ1v) is 14.9. The summed E-state index contributed by atoms with van der Waals surface area (Å²) in [5, 5.41) is 17.0. The Morgan fingerprint density at radius 2 is 1.77 bits per heavy atom. The molecule has 1 aliphatic heterocycles. The summed E-state index contributed by atoms with van der Waals surface area (Å²) in [6.07, 6.45) is 12.3. The highest BCUT2D eigenvalue weighted by Crippen LogP contribution is 2.39. The lowest BCUT2D eigenvalue weighted by Gasteiger charge is -2.32. The molecule has 3 N–H and O–H groups in total. The molecule has 2 aromatic carbocycles. The van der Waals surface area contributed by atoms with Crippen LogP contribution in [0, 0.1) is 0 Å². The highest BCUT2D eigenvalue weighted by atomic mass is 35.5. The van der Waals surface area contributed by atoms with Crippen LogP contribution < -0.4 is 15.4 Å². The number of amides is 2. The van der Waals surface area contributed by atoms with Crippen LogP contribution in [0.25, 0.3) is 0 Å². The molecule has 0 unspecified atom stereocenters. The monoisotopic (exact) mass is 555 g/mol. The predicted molar refractivity (Wildman–Crippen MR) is 156 cm³/mol. The molecule has 0 spiro atoms. The van der Waals surface area contributed by atoms with Crippen LogP contribution >= 0.6 is 11.6 Å². The maximum absolute atomic E-state index is 13.3. The third-order valence-electron chi connectivity index (χ3n) is 7.78. The molecule has 1 fully saturated rings. The number of nitrogens with zero attached hydrogens (tertiary/aromatic N) is 1. The van der Waals surface area contributed by atoms with Gasteiger partial charge in [0.15, 0.2) is 12.4 Å². The third-order valence-corrected chi connectivity index (χ3v) is 8.03. The first-order chi connectivity index (χ1) is 19.0. The highest BCUT2D eigenvalue weighted by molar-refractivity contribution is 6.30. The fraction of sp³-hybridized carbons (Fsp3) is 0.548. The number of phenols is 1. The first kappa shape index (κ1) is 29.2. The van der Waals surface area contributed by atoms with Crippen molar-refractivity contribution in [1.29, 1.82) is 0 Å². The van der Waals surface area contributed by atoms with E-state index in [0.717, 1.165) is 68.6 Å². The van der Waals surface area contributed by atoms with E-state index < -0.39 is 0 Å². The second kappa shape index (κ2) is 15.1. The number of aryl methyl sites for hydroxylation is 1. The molecule has 1 heterocycles. The van der Waals surface area contributed by atoms with E-state index in [9.17, 15) is 14.7 Å². The number of unbranched alkanes of at least 4 members (excludes halogenated alkanes) is 2. The zero-order chi connectivity index (χ0) is 27.5. The highest BCUT2D eigenvalue weighted by Gasteiger charge is 2.25. The quantitative estimate of drug-likeness (QED) is 0.163. The van der Waals surface area contributed by atoms with Crippen molar-refractivity contribution in [2.75, 3.05) is 31.6 Å². The summed E-state index contributed by atoms with van der Waals surface area (Å²) in [5.74, 6) is 0.611. The van der Waals surface area contributed by atoms with Gasteiger partial charge in [-0.3, -0.25) is 9.59 Å². The van der Waals surface area contributed by atoms with Crippen LogP contribution in [0.5, 0.6) is 11.5 Å². The summed E-state index contributed by atoms with van der Waals surface area (Å²) in [4.78, 5) is 27.1. The zero-order valence-corrected chi connectivity index (χ0v) is 23.6. The van der Waals surface area contributed by atoms with Gasteiger partial charge in [0.1, 0.15) is 11.4 Å². The number of fused-ring (bicyclic) bond motifs is 1. The van der Waals surface area contributed by atoms with E-state index in [1.54, 1.807) is 6.07 Å². The van der Waals surface area contributed by atoms with E-state index in [0.29, 0.717) is 30.4 Å². The lowest BCUT2D eigenvalue weighted by molar-refractivity contribution is -0.133. The van der Waals surface area contributed by atoms with Crippen LogP contribution in [0.15, 0.2) is 36.4 Å². The summed E-state index contributed by atoms with van der Waals surface area (Å²) in [5.41, 5.74) is 2.60. The summed E-state index contributed by atoms with van der Waals surface area (Å²) >= 11 is 5.97. The van der Waals surface area contributed by atoms with E-state index in [4.69, 9.17) is 16.3 Å². The molecule has 2 aliphatic rings. The van der Waals surface area contributed by atoms with Gasteiger partial charge < -0.3 is 25.4 Å². The molecule has 0 atom stereocenters. The standard InChI is InChI=1S/C31H42ClN3O4/c32-25-14-11-23(12-15-25)17-19-33-20-18-29(38)35(26-9-5-1-2-6-10-26)21-7-3-4-8-24-13-16-27(36)30-31(24)39-22-28(37)34-30/h11-16,26,33,36H,1-10,17-22H2,(H,34,37). The number of rotatable bonds is 13. The van der Waals surface area contributed by atoms with Crippen molar-refractivity contribution in [3.8, 4) is 11.5 Å². The minimum atomic E-state index is -0.255. The molecule has 0 aromatic heterocycles. The van der Waals surface area contributed by atoms with Crippen LogP contribution in [0.3, 0.4) is 0 Å². The molecule has 7 nitrogen and oxygen atoms in total. The number of benzene rings is 2. The molecule has 4 rings (SSSR count). The van der Waals surface area contributed by atoms with Crippen LogP contribution in [-0.4, -0.2) is 54.1 Å². The van der Waals surface area contributed by atoms with E-state index >= 15 is 0 Å². The molecule has 1 saturated carbocycles. The van der Waals surface area contributed by atoms with Gasteiger partial charge in [0, 0.05) is 30.6 Å². The largest absolute Gasteiger partial charge is 0.506 e. The maximum atomic E-state index is 13.3. The summed E-state index contributed by atoms with van der Waals surface area (Å²) in [6, 6.07) is 11.8. The third kappa shape index (κ3) is 8.87. The van der Waals surface area contributed by atoms with Gasteiger partial charge in [-0.1, -0.05) is 61.9 Å². The molecular formula is C31H42ClN3O4. The minimum absolute atomic E-state index is 0.0267. The lowest BCUT2D eigenvalue weighted by Crippen LogP contribution is -2.42. The van der Waals surface area contributed by atoms with Crippen molar-refractivity contribution >= 4 is 29.1 Å². The average molecular weight is 556 g/mol.